The molecule has 26 heavy (non-hydrogen) atoms. The van der Waals surface area contributed by atoms with E-state index in [4.69, 9.17) is 0 Å². The highest BCUT2D eigenvalue weighted by Gasteiger charge is 2.12. The number of benzene rings is 4. The van der Waals surface area contributed by atoms with Crippen LogP contribution in [0.25, 0.3) is 38.6 Å². The molecular formula is C25H19N. The zero-order chi connectivity index (χ0) is 17.5. The minimum atomic E-state index is 1.20. The van der Waals surface area contributed by atoms with Crippen molar-refractivity contribution in [3.63, 3.8) is 0 Å². The van der Waals surface area contributed by atoms with Crippen LogP contribution in [0.3, 0.4) is 0 Å². The third-order valence-electron chi connectivity index (χ3n) is 5.07. The molecule has 0 N–H and O–H groups in total. The fourth-order valence-electron chi connectivity index (χ4n) is 3.75. The molecule has 5 aromatic rings. The maximum Gasteiger partial charge on any atom is 0.0547 e. The summed E-state index contributed by atoms with van der Waals surface area (Å²) in [6, 6.07) is 34.8. The Balaban J connectivity index is 1.86. The molecule has 0 atom stereocenters. The van der Waals surface area contributed by atoms with Crippen LogP contribution in [0.15, 0.2) is 97.1 Å². The number of aryl methyl sites for hydroxylation is 1. The summed E-state index contributed by atoms with van der Waals surface area (Å²) in [7, 11) is 0. The molecule has 124 valence electrons. The fourth-order valence-corrected chi connectivity index (χ4v) is 3.75. The fraction of sp³-hybridized carbons (Fsp3) is 0.0400. The number of para-hydroxylation sites is 1. The van der Waals surface area contributed by atoms with Gasteiger partial charge < -0.3 is 4.57 Å². The molecule has 0 unspecified atom stereocenters. The van der Waals surface area contributed by atoms with Gasteiger partial charge in [0.25, 0.3) is 0 Å². The molecular weight excluding hydrogens is 314 g/mol. The molecule has 0 bridgehead atoms. The van der Waals surface area contributed by atoms with Gasteiger partial charge in [0.15, 0.2) is 0 Å². The van der Waals surface area contributed by atoms with Crippen molar-refractivity contribution in [1.82, 2.24) is 4.57 Å². The first kappa shape index (κ1) is 15.0. The monoisotopic (exact) mass is 333 g/mol. The zero-order valence-electron chi connectivity index (χ0n) is 14.7. The Bertz CT molecular complexity index is 1210. The van der Waals surface area contributed by atoms with Crippen LogP contribution in [0, 0.1) is 6.92 Å². The van der Waals surface area contributed by atoms with Gasteiger partial charge >= 0.3 is 0 Å². The molecule has 0 aliphatic carbocycles. The van der Waals surface area contributed by atoms with E-state index in [1.54, 1.807) is 0 Å². The molecule has 0 saturated heterocycles. The summed E-state index contributed by atoms with van der Waals surface area (Å²) in [6.45, 7) is 2.13. The highest BCUT2D eigenvalue weighted by Crippen LogP contribution is 2.34. The van der Waals surface area contributed by atoms with E-state index in [0.717, 1.165) is 0 Å². The van der Waals surface area contributed by atoms with Crippen molar-refractivity contribution in [1.29, 1.82) is 0 Å². The van der Waals surface area contributed by atoms with E-state index in [9.17, 15) is 0 Å². The predicted octanol–water partition coefficient (Wildman–Crippen LogP) is 6.76. The van der Waals surface area contributed by atoms with Gasteiger partial charge in [-0.3, -0.25) is 0 Å². The summed E-state index contributed by atoms with van der Waals surface area (Å²) in [4.78, 5) is 0. The van der Waals surface area contributed by atoms with Crippen molar-refractivity contribution < 1.29 is 0 Å². The topological polar surface area (TPSA) is 4.93 Å². The second kappa shape index (κ2) is 5.89. The van der Waals surface area contributed by atoms with Crippen molar-refractivity contribution in [3.05, 3.63) is 103 Å². The molecule has 1 heteroatoms. The Morgan fingerprint density at radius 3 is 2.04 bits per heavy atom. The number of nitrogens with zero attached hydrogens (tertiary/aromatic N) is 1. The zero-order valence-corrected chi connectivity index (χ0v) is 14.7. The molecule has 1 nitrogen and oxygen atoms in total. The van der Waals surface area contributed by atoms with Gasteiger partial charge in [0, 0.05) is 16.5 Å². The molecule has 0 saturated carbocycles. The van der Waals surface area contributed by atoms with E-state index < -0.39 is 0 Å². The van der Waals surface area contributed by atoms with Crippen molar-refractivity contribution in [2.75, 3.05) is 0 Å². The van der Waals surface area contributed by atoms with E-state index >= 15 is 0 Å². The Kier molecular flexibility index (Phi) is 3.39. The summed E-state index contributed by atoms with van der Waals surface area (Å²) < 4.78 is 2.37. The quantitative estimate of drug-likeness (QED) is 0.336. The first-order chi connectivity index (χ1) is 12.8. The molecule has 1 aromatic heterocycles. The highest BCUT2D eigenvalue weighted by molar-refractivity contribution is 6.10. The second-order valence-corrected chi connectivity index (χ2v) is 6.79. The van der Waals surface area contributed by atoms with Gasteiger partial charge in [0.2, 0.25) is 0 Å². The van der Waals surface area contributed by atoms with Crippen molar-refractivity contribution in [3.8, 4) is 16.8 Å². The lowest BCUT2D eigenvalue weighted by molar-refractivity contribution is 1.17. The van der Waals surface area contributed by atoms with Gasteiger partial charge in [0.05, 0.1) is 11.0 Å². The van der Waals surface area contributed by atoms with Gasteiger partial charge in [-0.1, -0.05) is 78.4 Å². The number of rotatable bonds is 2. The number of fused-ring (bicyclic) bond motifs is 3. The highest BCUT2D eigenvalue weighted by atomic mass is 15.0. The van der Waals surface area contributed by atoms with Crippen LogP contribution in [-0.4, -0.2) is 4.57 Å². The third kappa shape index (κ3) is 2.33. The first-order valence-electron chi connectivity index (χ1n) is 8.97. The average Bonchev–Trinajstić information content (AvgIpc) is 3.03. The molecule has 0 radical (unpaired) electrons. The van der Waals surface area contributed by atoms with Crippen LogP contribution in [0.2, 0.25) is 0 Å². The summed E-state index contributed by atoms with van der Waals surface area (Å²) in [5, 5.41) is 2.59. The number of hydrogen-bond donors (Lipinski definition) is 0. The standard InChI is InChI=1S/C25H19N/c1-18-11-14-21(15-12-18)26-24-10-6-5-9-22(24)23-16-13-20(17-25(23)26)19-7-3-2-4-8-19/h2-17H,1H3. The maximum absolute atomic E-state index is 2.37. The third-order valence-corrected chi connectivity index (χ3v) is 5.07. The predicted molar refractivity (Wildman–Crippen MR) is 111 cm³/mol. The molecule has 0 amide bonds. The second-order valence-electron chi connectivity index (χ2n) is 6.79. The van der Waals surface area contributed by atoms with E-state index in [0.29, 0.717) is 0 Å². The molecule has 1 heterocycles. The van der Waals surface area contributed by atoms with E-state index in [1.807, 2.05) is 0 Å². The largest absolute Gasteiger partial charge is 0.309 e. The van der Waals surface area contributed by atoms with Crippen LogP contribution >= 0.6 is 0 Å². The van der Waals surface area contributed by atoms with Crippen molar-refractivity contribution >= 4 is 21.8 Å². The molecule has 0 spiro atoms. The molecule has 0 fully saturated rings. The molecule has 0 aliphatic heterocycles. The van der Waals surface area contributed by atoms with Gasteiger partial charge in [-0.05, 0) is 42.3 Å². The Morgan fingerprint density at radius 2 is 1.23 bits per heavy atom. The number of aromatic nitrogens is 1. The van der Waals surface area contributed by atoms with Gasteiger partial charge in [-0.2, -0.15) is 0 Å². The lowest BCUT2D eigenvalue weighted by atomic mass is 10.0. The summed E-state index contributed by atoms with van der Waals surface area (Å²) >= 11 is 0. The Morgan fingerprint density at radius 1 is 0.538 bits per heavy atom. The number of hydrogen-bond acceptors (Lipinski definition) is 0. The van der Waals surface area contributed by atoms with Gasteiger partial charge in [-0.25, -0.2) is 0 Å². The minimum Gasteiger partial charge on any atom is -0.309 e. The Labute approximate surface area is 153 Å². The normalized spacial score (nSPS) is 11.3. The minimum absolute atomic E-state index is 1.20. The van der Waals surface area contributed by atoms with E-state index in [1.165, 1.54) is 44.2 Å². The summed E-state index contributed by atoms with van der Waals surface area (Å²) in [5.74, 6) is 0. The van der Waals surface area contributed by atoms with Crippen LogP contribution in [0.4, 0.5) is 0 Å². The lowest BCUT2D eigenvalue weighted by Crippen LogP contribution is -1.93. The van der Waals surface area contributed by atoms with Crippen LogP contribution in [0.1, 0.15) is 5.56 Å². The van der Waals surface area contributed by atoms with Crippen molar-refractivity contribution in [2.24, 2.45) is 0 Å². The van der Waals surface area contributed by atoms with Crippen LogP contribution in [0.5, 0.6) is 0 Å². The molecule has 5 rings (SSSR count). The lowest BCUT2D eigenvalue weighted by Gasteiger charge is -2.09. The average molecular weight is 333 g/mol. The summed E-state index contributed by atoms with van der Waals surface area (Å²) in [5.41, 5.74) is 7.46. The first-order valence-corrected chi connectivity index (χ1v) is 8.97. The van der Waals surface area contributed by atoms with Crippen LogP contribution in [-0.2, 0) is 0 Å². The molecule has 0 aliphatic rings. The Hall–Kier alpha value is -3.32. The SMILES string of the molecule is Cc1ccc(-n2c3ccccc3c3ccc(-c4ccccc4)cc32)cc1. The maximum atomic E-state index is 2.37. The van der Waals surface area contributed by atoms with Gasteiger partial charge in [-0.15, -0.1) is 0 Å². The van der Waals surface area contributed by atoms with E-state index in [-0.39, 0.29) is 0 Å². The molecule has 4 aromatic carbocycles. The van der Waals surface area contributed by atoms with E-state index in [2.05, 4.69) is 109 Å². The van der Waals surface area contributed by atoms with Crippen molar-refractivity contribution in [2.45, 2.75) is 6.92 Å². The van der Waals surface area contributed by atoms with Crippen LogP contribution < -0.4 is 0 Å². The smallest absolute Gasteiger partial charge is 0.0547 e. The summed E-state index contributed by atoms with van der Waals surface area (Å²) in [6.07, 6.45) is 0. The van der Waals surface area contributed by atoms with Gasteiger partial charge in [0.1, 0.15) is 0 Å².